The number of alkyl halides is 1. The zero-order chi connectivity index (χ0) is 9.10. The van der Waals surface area contributed by atoms with E-state index in [1.807, 2.05) is 18.2 Å². The van der Waals surface area contributed by atoms with Crippen LogP contribution in [0.3, 0.4) is 0 Å². The van der Waals surface area contributed by atoms with E-state index in [1.165, 1.54) is 5.56 Å². The fourth-order valence-electron chi connectivity index (χ4n) is 1.77. The van der Waals surface area contributed by atoms with Gasteiger partial charge in [-0.05, 0) is 12.0 Å². The zero-order valence-corrected chi connectivity index (χ0v) is 8.84. The molecule has 1 saturated heterocycles. The molecule has 78 valence electrons. The van der Waals surface area contributed by atoms with Crippen LogP contribution in [0.1, 0.15) is 12.0 Å². The van der Waals surface area contributed by atoms with E-state index < -0.39 is 6.17 Å². The van der Waals surface area contributed by atoms with E-state index in [0.29, 0.717) is 13.0 Å². The minimum absolute atomic E-state index is 0. The second kappa shape index (κ2) is 5.32. The van der Waals surface area contributed by atoms with E-state index in [-0.39, 0.29) is 12.4 Å². The second-order valence-corrected chi connectivity index (χ2v) is 3.61. The van der Waals surface area contributed by atoms with E-state index in [0.717, 1.165) is 13.1 Å². The number of benzene rings is 1. The lowest BCUT2D eigenvalue weighted by Crippen LogP contribution is -2.20. The molecule has 1 fully saturated rings. The van der Waals surface area contributed by atoms with Crippen LogP contribution < -0.4 is 0 Å². The Kier molecular flexibility index (Phi) is 4.36. The summed E-state index contributed by atoms with van der Waals surface area (Å²) < 4.78 is 12.8. The normalized spacial score (nSPS) is 21.9. The summed E-state index contributed by atoms with van der Waals surface area (Å²) >= 11 is 0. The number of halogens is 2. The summed E-state index contributed by atoms with van der Waals surface area (Å²) in [4.78, 5) is 2.17. The van der Waals surface area contributed by atoms with Crippen molar-refractivity contribution >= 4 is 12.4 Å². The van der Waals surface area contributed by atoms with Gasteiger partial charge in [0.2, 0.25) is 0 Å². The largest absolute Gasteiger partial charge is 0.296 e. The molecule has 0 radical (unpaired) electrons. The Morgan fingerprint density at radius 1 is 1.29 bits per heavy atom. The van der Waals surface area contributed by atoms with Crippen LogP contribution in [-0.4, -0.2) is 24.2 Å². The second-order valence-electron chi connectivity index (χ2n) is 3.61. The van der Waals surface area contributed by atoms with Crippen molar-refractivity contribution in [3.63, 3.8) is 0 Å². The van der Waals surface area contributed by atoms with Gasteiger partial charge in [0.1, 0.15) is 6.17 Å². The van der Waals surface area contributed by atoms with Crippen LogP contribution >= 0.6 is 12.4 Å². The maximum Gasteiger partial charge on any atom is 0.114 e. The summed E-state index contributed by atoms with van der Waals surface area (Å²) in [5.74, 6) is 0. The maximum atomic E-state index is 12.8. The van der Waals surface area contributed by atoms with Crippen LogP contribution in [0, 0.1) is 0 Å². The minimum atomic E-state index is -0.608. The fraction of sp³-hybridized carbons (Fsp3) is 0.455. The van der Waals surface area contributed by atoms with Crippen molar-refractivity contribution in [2.24, 2.45) is 0 Å². The Morgan fingerprint density at radius 3 is 2.57 bits per heavy atom. The molecule has 1 nitrogen and oxygen atoms in total. The molecule has 0 aromatic heterocycles. The van der Waals surface area contributed by atoms with Gasteiger partial charge in [0, 0.05) is 19.6 Å². The van der Waals surface area contributed by atoms with Crippen LogP contribution in [0.2, 0.25) is 0 Å². The summed E-state index contributed by atoms with van der Waals surface area (Å²) in [6.45, 7) is 2.40. The number of nitrogens with zero attached hydrogens (tertiary/aromatic N) is 1. The number of rotatable bonds is 2. The highest BCUT2D eigenvalue weighted by Gasteiger charge is 2.21. The Hall–Kier alpha value is -0.600. The number of likely N-dealkylation sites (tertiary alicyclic amines) is 1. The van der Waals surface area contributed by atoms with Crippen LogP contribution in [0.25, 0.3) is 0 Å². The standard InChI is InChI=1S/C11H14FN.ClH/c12-11-6-7-13(9-11)8-10-4-2-1-3-5-10;/h1-5,11H,6-9H2;1H. The van der Waals surface area contributed by atoms with Crippen LogP contribution in [-0.2, 0) is 6.54 Å². The highest BCUT2D eigenvalue weighted by molar-refractivity contribution is 5.85. The molecule has 1 unspecified atom stereocenters. The lowest BCUT2D eigenvalue weighted by atomic mass is 10.2. The molecule has 0 N–H and O–H groups in total. The Morgan fingerprint density at radius 2 is 2.00 bits per heavy atom. The molecule has 0 aliphatic carbocycles. The third-order valence-corrected chi connectivity index (χ3v) is 2.46. The van der Waals surface area contributed by atoms with Gasteiger partial charge >= 0.3 is 0 Å². The molecule has 14 heavy (non-hydrogen) atoms. The molecule has 0 spiro atoms. The van der Waals surface area contributed by atoms with Crippen LogP contribution in [0.5, 0.6) is 0 Å². The highest BCUT2D eigenvalue weighted by atomic mass is 35.5. The first-order valence-electron chi connectivity index (χ1n) is 4.75. The van der Waals surface area contributed by atoms with E-state index in [1.54, 1.807) is 0 Å². The molecule has 0 bridgehead atoms. The molecular weight excluding hydrogens is 201 g/mol. The highest BCUT2D eigenvalue weighted by Crippen LogP contribution is 2.15. The molecular formula is C11H15ClFN. The lowest BCUT2D eigenvalue weighted by molar-refractivity contribution is 0.282. The summed E-state index contributed by atoms with van der Waals surface area (Å²) in [5.41, 5.74) is 1.27. The van der Waals surface area contributed by atoms with Crippen molar-refractivity contribution in [3.05, 3.63) is 35.9 Å². The molecule has 0 saturated carbocycles. The predicted octanol–water partition coefficient (Wildman–Crippen LogP) is 2.65. The molecule has 1 atom stereocenters. The van der Waals surface area contributed by atoms with Gasteiger partial charge in [-0.2, -0.15) is 0 Å². The fourth-order valence-corrected chi connectivity index (χ4v) is 1.77. The predicted molar refractivity (Wildman–Crippen MR) is 58.5 cm³/mol. The summed E-state index contributed by atoms with van der Waals surface area (Å²) in [7, 11) is 0. The van der Waals surface area contributed by atoms with Crippen molar-refractivity contribution in [3.8, 4) is 0 Å². The topological polar surface area (TPSA) is 3.24 Å². The average molecular weight is 216 g/mol. The third kappa shape index (κ3) is 2.96. The van der Waals surface area contributed by atoms with Gasteiger partial charge in [-0.25, -0.2) is 4.39 Å². The summed E-state index contributed by atoms with van der Waals surface area (Å²) in [5, 5.41) is 0. The van der Waals surface area contributed by atoms with E-state index in [4.69, 9.17) is 0 Å². The van der Waals surface area contributed by atoms with Crippen molar-refractivity contribution in [1.82, 2.24) is 4.90 Å². The molecule has 0 amide bonds. The van der Waals surface area contributed by atoms with E-state index >= 15 is 0 Å². The third-order valence-electron chi connectivity index (χ3n) is 2.46. The van der Waals surface area contributed by atoms with Gasteiger partial charge in [0.05, 0.1) is 0 Å². The Balaban J connectivity index is 0.000000980. The van der Waals surface area contributed by atoms with E-state index in [2.05, 4.69) is 17.0 Å². The lowest BCUT2D eigenvalue weighted by Gasteiger charge is -2.13. The monoisotopic (exact) mass is 215 g/mol. The van der Waals surface area contributed by atoms with Crippen LogP contribution in [0.15, 0.2) is 30.3 Å². The smallest absolute Gasteiger partial charge is 0.114 e. The first-order valence-corrected chi connectivity index (χ1v) is 4.75. The molecule has 1 aliphatic heterocycles. The molecule has 3 heteroatoms. The Labute approximate surface area is 90.3 Å². The number of hydrogen-bond donors (Lipinski definition) is 0. The van der Waals surface area contributed by atoms with E-state index in [9.17, 15) is 4.39 Å². The first-order chi connectivity index (χ1) is 6.34. The molecule has 1 aromatic carbocycles. The van der Waals surface area contributed by atoms with Gasteiger partial charge in [0.15, 0.2) is 0 Å². The van der Waals surface area contributed by atoms with Crippen LogP contribution in [0.4, 0.5) is 4.39 Å². The zero-order valence-electron chi connectivity index (χ0n) is 8.03. The Bertz CT molecular complexity index is 265. The SMILES string of the molecule is Cl.FC1CCN(Cc2ccccc2)C1. The molecule has 1 aliphatic rings. The van der Waals surface area contributed by atoms with Gasteiger partial charge in [0.25, 0.3) is 0 Å². The van der Waals surface area contributed by atoms with Gasteiger partial charge in [-0.1, -0.05) is 30.3 Å². The van der Waals surface area contributed by atoms with Gasteiger partial charge in [-0.3, -0.25) is 4.90 Å². The van der Waals surface area contributed by atoms with Gasteiger partial charge < -0.3 is 0 Å². The number of hydrogen-bond acceptors (Lipinski definition) is 1. The quantitative estimate of drug-likeness (QED) is 0.733. The van der Waals surface area contributed by atoms with Crippen molar-refractivity contribution < 1.29 is 4.39 Å². The average Bonchev–Trinajstić information content (AvgIpc) is 2.53. The molecule has 1 heterocycles. The van der Waals surface area contributed by atoms with Gasteiger partial charge in [-0.15, -0.1) is 12.4 Å². The minimum Gasteiger partial charge on any atom is -0.296 e. The summed E-state index contributed by atoms with van der Waals surface area (Å²) in [6, 6.07) is 10.2. The van der Waals surface area contributed by atoms with Crippen molar-refractivity contribution in [1.29, 1.82) is 0 Å². The van der Waals surface area contributed by atoms with Crippen molar-refractivity contribution in [2.45, 2.75) is 19.1 Å². The maximum absolute atomic E-state index is 12.8. The summed E-state index contributed by atoms with van der Waals surface area (Å²) in [6.07, 6.45) is 0.0935. The molecule has 2 rings (SSSR count). The van der Waals surface area contributed by atoms with Crippen molar-refractivity contribution in [2.75, 3.05) is 13.1 Å². The first kappa shape index (κ1) is 11.5. The molecule has 1 aromatic rings.